The SMILES string of the molecule is CC(=O)c1ccc(N2CCN(C(=O)c3cc(S(C)(=O)=O)ccc3N3CCCC3CO)CC2)c(F)c1. The topological polar surface area (TPSA) is 98.2 Å². The van der Waals surface area contributed by atoms with E-state index in [9.17, 15) is 27.5 Å². The number of amides is 1. The molecule has 8 nitrogen and oxygen atoms in total. The van der Waals surface area contributed by atoms with Crippen molar-refractivity contribution in [2.45, 2.75) is 30.7 Å². The lowest BCUT2D eigenvalue weighted by Gasteiger charge is -2.37. The number of nitrogens with zero attached hydrogens (tertiary/aromatic N) is 3. The van der Waals surface area contributed by atoms with Crippen molar-refractivity contribution in [3.05, 3.63) is 53.3 Å². The van der Waals surface area contributed by atoms with Gasteiger partial charge in [0.1, 0.15) is 5.82 Å². The van der Waals surface area contributed by atoms with Crippen LogP contribution in [0, 0.1) is 5.82 Å². The van der Waals surface area contributed by atoms with Crippen molar-refractivity contribution in [1.29, 1.82) is 0 Å². The summed E-state index contributed by atoms with van der Waals surface area (Å²) < 4.78 is 39.0. The standard InChI is InChI=1S/C25H30FN3O5S/c1-17(31)18-5-7-24(22(26)14-18)27-10-12-28(13-11-27)25(32)21-15-20(35(2,33)34)6-8-23(21)29-9-3-4-19(29)16-30/h5-8,14-15,19,30H,3-4,9-13,16H2,1-2H3. The van der Waals surface area contributed by atoms with Crippen LogP contribution in [0.25, 0.3) is 0 Å². The van der Waals surface area contributed by atoms with Crippen LogP contribution >= 0.6 is 0 Å². The molecule has 0 spiro atoms. The number of piperazine rings is 1. The number of ketones is 1. The minimum Gasteiger partial charge on any atom is -0.394 e. The molecule has 0 aliphatic carbocycles. The number of benzene rings is 2. The summed E-state index contributed by atoms with van der Waals surface area (Å²) in [5.74, 6) is -0.981. The van der Waals surface area contributed by atoms with Crippen LogP contribution < -0.4 is 9.80 Å². The molecule has 35 heavy (non-hydrogen) atoms. The van der Waals surface area contributed by atoms with Crippen LogP contribution in [0.4, 0.5) is 15.8 Å². The molecule has 2 aliphatic heterocycles. The van der Waals surface area contributed by atoms with Gasteiger partial charge in [-0.25, -0.2) is 12.8 Å². The average Bonchev–Trinajstić information content (AvgIpc) is 3.31. The summed E-state index contributed by atoms with van der Waals surface area (Å²) in [5.41, 5.74) is 1.59. The van der Waals surface area contributed by atoms with Crippen molar-refractivity contribution in [3.63, 3.8) is 0 Å². The quantitative estimate of drug-likeness (QED) is 0.605. The first-order chi connectivity index (χ1) is 16.6. The number of halogens is 1. The zero-order valence-electron chi connectivity index (χ0n) is 19.9. The summed E-state index contributed by atoms with van der Waals surface area (Å²) >= 11 is 0. The molecule has 1 unspecified atom stereocenters. The summed E-state index contributed by atoms with van der Waals surface area (Å²) in [6.07, 6.45) is 2.78. The zero-order valence-corrected chi connectivity index (χ0v) is 20.7. The Hall–Kier alpha value is -2.98. The number of carbonyl (C=O) groups excluding carboxylic acids is 2. The molecule has 2 heterocycles. The second kappa shape index (κ2) is 9.94. The van der Waals surface area contributed by atoms with E-state index in [0.717, 1.165) is 19.1 Å². The molecule has 2 fully saturated rings. The lowest BCUT2D eigenvalue weighted by Crippen LogP contribution is -2.49. The maximum absolute atomic E-state index is 14.6. The monoisotopic (exact) mass is 503 g/mol. The first kappa shape index (κ1) is 25.1. The van der Waals surface area contributed by atoms with Crippen LogP contribution in [-0.4, -0.2) is 81.7 Å². The molecule has 0 radical (unpaired) electrons. The minimum absolute atomic E-state index is 0.0475. The summed E-state index contributed by atoms with van der Waals surface area (Å²) in [6.45, 7) is 3.47. The number of rotatable bonds is 6. The Morgan fingerprint density at radius 1 is 1.03 bits per heavy atom. The number of sulfone groups is 1. The van der Waals surface area contributed by atoms with Gasteiger partial charge in [-0.05, 0) is 56.2 Å². The van der Waals surface area contributed by atoms with E-state index in [-0.39, 0.29) is 29.2 Å². The molecule has 0 bridgehead atoms. The van der Waals surface area contributed by atoms with E-state index in [0.29, 0.717) is 55.2 Å². The molecular formula is C25H30FN3O5S. The normalized spacial score (nSPS) is 18.7. The summed E-state index contributed by atoms with van der Waals surface area (Å²) in [6, 6.07) is 8.86. The van der Waals surface area contributed by atoms with Crippen molar-refractivity contribution < 1.29 is 27.5 Å². The number of anilines is 2. The zero-order chi connectivity index (χ0) is 25.3. The number of carbonyl (C=O) groups is 2. The highest BCUT2D eigenvalue weighted by atomic mass is 32.2. The van der Waals surface area contributed by atoms with Gasteiger partial charge in [-0.1, -0.05) is 0 Å². The van der Waals surface area contributed by atoms with E-state index in [4.69, 9.17) is 0 Å². The van der Waals surface area contributed by atoms with Crippen molar-refractivity contribution in [1.82, 2.24) is 4.90 Å². The Bertz CT molecular complexity index is 1240. The number of Topliss-reactive ketones (excluding diaryl/α,β-unsaturated/α-hetero) is 1. The van der Waals surface area contributed by atoms with Gasteiger partial charge in [0.15, 0.2) is 15.6 Å². The first-order valence-electron chi connectivity index (χ1n) is 11.7. The van der Waals surface area contributed by atoms with Crippen LogP contribution in [0.3, 0.4) is 0 Å². The highest BCUT2D eigenvalue weighted by molar-refractivity contribution is 7.90. The van der Waals surface area contributed by atoms with E-state index in [1.54, 1.807) is 23.1 Å². The fourth-order valence-corrected chi connectivity index (χ4v) is 5.46. The molecule has 0 saturated carbocycles. The van der Waals surface area contributed by atoms with Crippen molar-refractivity contribution in [2.24, 2.45) is 0 Å². The van der Waals surface area contributed by atoms with E-state index >= 15 is 0 Å². The Balaban J connectivity index is 1.57. The number of aliphatic hydroxyl groups is 1. The first-order valence-corrected chi connectivity index (χ1v) is 13.6. The number of aliphatic hydroxyl groups excluding tert-OH is 1. The van der Waals surface area contributed by atoms with Gasteiger partial charge >= 0.3 is 0 Å². The second-order valence-electron chi connectivity index (χ2n) is 9.12. The van der Waals surface area contributed by atoms with Gasteiger partial charge in [-0.15, -0.1) is 0 Å². The maximum Gasteiger partial charge on any atom is 0.256 e. The fourth-order valence-electron chi connectivity index (χ4n) is 4.81. The summed E-state index contributed by atoms with van der Waals surface area (Å²) in [5, 5.41) is 9.78. The van der Waals surface area contributed by atoms with Crippen LogP contribution in [0.2, 0.25) is 0 Å². The lowest BCUT2D eigenvalue weighted by molar-refractivity contribution is 0.0746. The van der Waals surface area contributed by atoms with Gasteiger partial charge in [0.25, 0.3) is 5.91 Å². The molecule has 1 atom stereocenters. The third-order valence-corrected chi connectivity index (χ3v) is 7.90. The highest BCUT2D eigenvalue weighted by Crippen LogP contribution is 2.32. The molecule has 2 aromatic rings. The third kappa shape index (κ3) is 5.18. The summed E-state index contributed by atoms with van der Waals surface area (Å²) in [4.78, 5) is 30.6. The van der Waals surface area contributed by atoms with Gasteiger partial charge in [0.2, 0.25) is 0 Å². The molecule has 1 N–H and O–H groups in total. The van der Waals surface area contributed by atoms with E-state index in [1.165, 1.54) is 25.1 Å². The van der Waals surface area contributed by atoms with Crippen molar-refractivity contribution >= 4 is 32.9 Å². The van der Waals surface area contributed by atoms with Crippen LogP contribution in [-0.2, 0) is 9.84 Å². The van der Waals surface area contributed by atoms with Gasteiger partial charge in [0.05, 0.1) is 28.8 Å². The fraction of sp³-hybridized carbons (Fsp3) is 0.440. The van der Waals surface area contributed by atoms with Crippen LogP contribution in [0.5, 0.6) is 0 Å². The molecule has 1 amide bonds. The number of hydrogen-bond donors (Lipinski definition) is 1. The maximum atomic E-state index is 14.6. The van der Waals surface area contributed by atoms with E-state index in [2.05, 4.69) is 0 Å². The highest BCUT2D eigenvalue weighted by Gasteiger charge is 2.31. The molecule has 2 aliphatic rings. The Labute approximate surface area is 204 Å². The second-order valence-corrected chi connectivity index (χ2v) is 11.1. The Morgan fingerprint density at radius 2 is 1.71 bits per heavy atom. The lowest BCUT2D eigenvalue weighted by atomic mass is 10.1. The summed E-state index contributed by atoms with van der Waals surface area (Å²) in [7, 11) is -3.52. The van der Waals surface area contributed by atoms with Crippen LogP contribution in [0.15, 0.2) is 41.3 Å². The van der Waals surface area contributed by atoms with Gasteiger partial charge in [-0.3, -0.25) is 9.59 Å². The average molecular weight is 504 g/mol. The molecule has 188 valence electrons. The van der Waals surface area contributed by atoms with Gasteiger partial charge < -0.3 is 19.8 Å². The largest absolute Gasteiger partial charge is 0.394 e. The predicted octanol–water partition coefficient (Wildman–Crippen LogP) is 2.36. The third-order valence-electron chi connectivity index (χ3n) is 6.79. The molecule has 2 aromatic carbocycles. The van der Waals surface area contributed by atoms with E-state index in [1.807, 2.05) is 9.80 Å². The smallest absolute Gasteiger partial charge is 0.256 e. The molecule has 2 saturated heterocycles. The molecule has 10 heteroatoms. The Morgan fingerprint density at radius 3 is 2.31 bits per heavy atom. The molecule has 0 aromatic heterocycles. The predicted molar refractivity (Wildman–Crippen MR) is 132 cm³/mol. The van der Waals surface area contributed by atoms with Crippen LogP contribution in [0.1, 0.15) is 40.5 Å². The number of hydrogen-bond acceptors (Lipinski definition) is 7. The molecule has 4 rings (SSSR count). The van der Waals surface area contributed by atoms with Crippen molar-refractivity contribution in [3.8, 4) is 0 Å². The molecular weight excluding hydrogens is 473 g/mol. The van der Waals surface area contributed by atoms with E-state index < -0.39 is 15.7 Å². The van der Waals surface area contributed by atoms with Crippen molar-refractivity contribution in [2.75, 3.05) is 55.4 Å². The van der Waals surface area contributed by atoms with Gasteiger partial charge in [0, 0.05) is 50.2 Å². The Kier molecular flexibility index (Phi) is 7.14. The minimum atomic E-state index is -3.52. The van der Waals surface area contributed by atoms with Gasteiger partial charge in [-0.2, -0.15) is 0 Å².